The summed E-state index contributed by atoms with van der Waals surface area (Å²) in [6, 6.07) is 7.56. The van der Waals surface area contributed by atoms with Gasteiger partial charge in [-0.25, -0.2) is 0 Å². The van der Waals surface area contributed by atoms with Crippen LogP contribution < -0.4 is 10.1 Å². The first-order valence-corrected chi connectivity index (χ1v) is 4.82. The van der Waals surface area contributed by atoms with Crippen LogP contribution in [-0.4, -0.2) is 24.7 Å². The summed E-state index contributed by atoms with van der Waals surface area (Å²) in [5.41, 5.74) is 0.894. The number of hydrogen-bond donors (Lipinski definition) is 2. The summed E-state index contributed by atoms with van der Waals surface area (Å²) in [5, 5.41) is 11.6. The summed E-state index contributed by atoms with van der Waals surface area (Å²) in [4.78, 5) is 10.3. The lowest BCUT2D eigenvalue weighted by Gasteiger charge is -2.09. The lowest BCUT2D eigenvalue weighted by Crippen LogP contribution is -2.05. The fourth-order valence-electron chi connectivity index (χ4n) is 1.25. The predicted octanol–water partition coefficient (Wildman–Crippen LogP) is 1.97. The first-order chi connectivity index (χ1) is 7.24. The topological polar surface area (TPSA) is 58.6 Å². The molecule has 0 fully saturated rings. The fourth-order valence-corrected chi connectivity index (χ4v) is 1.25. The lowest BCUT2D eigenvalue weighted by molar-refractivity contribution is -0.137. The van der Waals surface area contributed by atoms with Gasteiger partial charge in [0.05, 0.1) is 12.8 Å². The largest absolute Gasteiger partial charge is 0.495 e. The Kier molecular flexibility index (Phi) is 4.47. The Morgan fingerprint density at radius 2 is 2.20 bits per heavy atom. The van der Waals surface area contributed by atoms with Gasteiger partial charge in [-0.3, -0.25) is 4.79 Å². The standard InChI is InChI=1S/C11H15NO3/c1-15-10-6-3-2-5-9(10)12-8-4-7-11(13)14/h2-3,5-6,12H,4,7-8H2,1H3,(H,13,14). The minimum absolute atomic E-state index is 0.183. The average molecular weight is 209 g/mol. The van der Waals surface area contributed by atoms with E-state index < -0.39 is 5.97 Å². The van der Waals surface area contributed by atoms with Crippen LogP contribution in [0, 0.1) is 0 Å². The highest BCUT2D eigenvalue weighted by Gasteiger charge is 2.00. The molecule has 1 aromatic carbocycles. The van der Waals surface area contributed by atoms with E-state index >= 15 is 0 Å². The molecule has 1 aromatic rings. The van der Waals surface area contributed by atoms with Gasteiger partial charge in [-0.05, 0) is 18.6 Å². The number of hydrogen-bond acceptors (Lipinski definition) is 3. The highest BCUT2D eigenvalue weighted by Crippen LogP contribution is 2.22. The second kappa shape index (κ2) is 5.90. The van der Waals surface area contributed by atoms with E-state index in [4.69, 9.17) is 9.84 Å². The maximum atomic E-state index is 10.3. The van der Waals surface area contributed by atoms with Crippen molar-refractivity contribution in [3.63, 3.8) is 0 Å². The zero-order valence-corrected chi connectivity index (χ0v) is 8.69. The Morgan fingerprint density at radius 3 is 2.87 bits per heavy atom. The Bertz CT molecular complexity index is 325. The van der Waals surface area contributed by atoms with Crippen LogP contribution in [0.3, 0.4) is 0 Å². The Morgan fingerprint density at radius 1 is 1.47 bits per heavy atom. The van der Waals surface area contributed by atoms with Crippen LogP contribution in [0.5, 0.6) is 5.75 Å². The zero-order chi connectivity index (χ0) is 11.1. The highest BCUT2D eigenvalue weighted by atomic mass is 16.5. The number of carbonyl (C=O) groups is 1. The van der Waals surface area contributed by atoms with Crippen LogP contribution >= 0.6 is 0 Å². The summed E-state index contributed by atoms with van der Waals surface area (Å²) in [7, 11) is 1.61. The molecule has 0 saturated heterocycles. The smallest absolute Gasteiger partial charge is 0.303 e. The van der Waals surface area contributed by atoms with E-state index in [1.807, 2.05) is 24.3 Å². The van der Waals surface area contributed by atoms with Crippen molar-refractivity contribution >= 4 is 11.7 Å². The highest BCUT2D eigenvalue weighted by molar-refractivity contribution is 5.66. The Balaban J connectivity index is 2.39. The molecule has 15 heavy (non-hydrogen) atoms. The minimum Gasteiger partial charge on any atom is -0.495 e. The lowest BCUT2D eigenvalue weighted by atomic mass is 10.2. The Labute approximate surface area is 88.9 Å². The zero-order valence-electron chi connectivity index (χ0n) is 8.69. The monoisotopic (exact) mass is 209 g/mol. The molecule has 4 heteroatoms. The van der Waals surface area contributed by atoms with Crippen molar-refractivity contribution in [3.8, 4) is 5.75 Å². The number of methoxy groups -OCH3 is 1. The normalized spacial score (nSPS) is 9.67. The summed E-state index contributed by atoms with van der Waals surface area (Å²) < 4.78 is 5.14. The molecule has 0 aliphatic carbocycles. The van der Waals surface area contributed by atoms with Crippen LogP contribution in [0.1, 0.15) is 12.8 Å². The molecule has 0 amide bonds. The van der Waals surface area contributed by atoms with Crippen LogP contribution in [0.15, 0.2) is 24.3 Å². The van der Waals surface area contributed by atoms with Gasteiger partial charge < -0.3 is 15.2 Å². The number of benzene rings is 1. The molecule has 4 nitrogen and oxygen atoms in total. The van der Waals surface area contributed by atoms with E-state index in [1.165, 1.54) is 0 Å². The van der Waals surface area contributed by atoms with Gasteiger partial charge in [0.25, 0.3) is 0 Å². The molecule has 0 bridgehead atoms. The molecule has 0 atom stereocenters. The molecule has 0 radical (unpaired) electrons. The van der Waals surface area contributed by atoms with Crippen LogP contribution in [-0.2, 0) is 4.79 Å². The molecule has 0 aliphatic rings. The molecule has 0 aromatic heterocycles. The van der Waals surface area contributed by atoms with Crippen LogP contribution in [0.25, 0.3) is 0 Å². The summed E-state index contributed by atoms with van der Waals surface area (Å²) >= 11 is 0. The average Bonchev–Trinajstić information content (AvgIpc) is 2.24. The van der Waals surface area contributed by atoms with E-state index in [-0.39, 0.29) is 6.42 Å². The van der Waals surface area contributed by atoms with Gasteiger partial charge in [-0.15, -0.1) is 0 Å². The van der Waals surface area contributed by atoms with Crippen LogP contribution in [0.4, 0.5) is 5.69 Å². The summed E-state index contributed by atoms with van der Waals surface area (Å²) in [6.45, 7) is 0.632. The van der Waals surface area contributed by atoms with Crippen LogP contribution in [0.2, 0.25) is 0 Å². The number of carboxylic acid groups (broad SMARTS) is 1. The molecule has 0 spiro atoms. The van der Waals surface area contributed by atoms with E-state index in [0.29, 0.717) is 13.0 Å². The first-order valence-electron chi connectivity index (χ1n) is 4.82. The first kappa shape index (κ1) is 11.4. The Hall–Kier alpha value is -1.71. The van der Waals surface area contributed by atoms with E-state index in [2.05, 4.69) is 5.32 Å². The number of para-hydroxylation sites is 2. The third kappa shape index (κ3) is 3.89. The van der Waals surface area contributed by atoms with Crippen molar-refractivity contribution in [3.05, 3.63) is 24.3 Å². The number of nitrogens with one attached hydrogen (secondary N) is 1. The fraction of sp³-hybridized carbons (Fsp3) is 0.364. The summed E-state index contributed by atoms with van der Waals surface area (Å²) in [5.74, 6) is 0.00431. The van der Waals surface area contributed by atoms with Gasteiger partial charge in [0.2, 0.25) is 0 Å². The molecule has 82 valence electrons. The van der Waals surface area contributed by atoms with Gasteiger partial charge in [0.15, 0.2) is 0 Å². The van der Waals surface area contributed by atoms with Gasteiger partial charge in [-0.1, -0.05) is 12.1 Å². The molecule has 1 rings (SSSR count). The molecule has 0 unspecified atom stereocenters. The van der Waals surface area contributed by atoms with Crippen molar-refractivity contribution in [1.82, 2.24) is 0 Å². The number of aliphatic carboxylic acids is 1. The summed E-state index contributed by atoms with van der Waals surface area (Å²) in [6.07, 6.45) is 0.787. The van der Waals surface area contributed by atoms with E-state index in [1.54, 1.807) is 7.11 Å². The molecular formula is C11H15NO3. The third-order valence-corrected chi connectivity index (χ3v) is 1.99. The number of rotatable bonds is 6. The SMILES string of the molecule is COc1ccccc1NCCCC(=O)O. The number of ether oxygens (including phenoxy) is 1. The van der Waals surface area contributed by atoms with Gasteiger partial charge >= 0.3 is 5.97 Å². The van der Waals surface area contributed by atoms with Crippen molar-refractivity contribution < 1.29 is 14.6 Å². The second-order valence-corrected chi connectivity index (χ2v) is 3.12. The van der Waals surface area contributed by atoms with Crippen molar-refractivity contribution in [2.45, 2.75) is 12.8 Å². The van der Waals surface area contributed by atoms with Gasteiger partial charge in [0.1, 0.15) is 5.75 Å². The van der Waals surface area contributed by atoms with Crippen molar-refractivity contribution in [2.24, 2.45) is 0 Å². The number of carboxylic acids is 1. The molecule has 0 aliphatic heterocycles. The minimum atomic E-state index is -0.767. The maximum absolute atomic E-state index is 10.3. The maximum Gasteiger partial charge on any atom is 0.303 e. The third-order valence-electron chi connectivity index (χ3n) is 1.99. The van der Waals surface area contributed by atoms with Crippen molar-refractivity contribution in [1.29, 1.82) is 0 Å². The van der Waals surface area contributed by atoms with Gasteiger partial charge in [0, 0.05) is 13.0 Å². The predicted molar refractivity (Wildman–Crippen MR) is 58.4 cm³/mol. The molecule has 2 N–H and O–H groups in total. The van der Waals surface area contributed by atoms with Crippen molar-refractivity contribution in [2.75, 3.05) is 19.0 Å². The quantitative estimate of drug-likeness (QED) is 0.703. The van der Waals surface area contributed by atoms with Gasteiger partial charge in [-0.2, -0.15) is 0 Å². The van der Waals surface area contributed by atoms with E-state index in [0.717, 1.165) is 11.4 Å². The molecule has 0 heterocycles. The molecular weight excluding hydrogens is 194 g/mol. The second-order valence-electron chi connectivity index (χ2n) is 3.12. The number of anilines is 1. The molecule has 0 saturated carbocycles. The van der Waals surface area contributed by atoms with E-state index in [9.17, 15) is 4.79 Å².